The van der Waals surface area contributed by atoms with Gasteiger partial charge in [0.1, 0.15) is 5.92 Å². The Bertz CT molecular complexity index is 1330. The van der Waals surface area contributed by atoms with Crippen LogP contribution in [0.5, 0.6) is 0 Å². The maximum absolute atomic E-state index is 13.9. The first kappa shape index (κ1) is 20.4. The number of carbonyl (C=O) groups is 2. The van der Waals surface area contributed by atoms with Crippen LogP contribution >= 0.6 is 11.3 Å². The smallest absolute Gasteiger partial charge is 0.320 e. The number of ether oxygens (including phenoxy) is 1. The van der Waals surface area contributed by atoms with Crippen LogP contribution in [0.4, 0.5) is 0 Å². The van der Waals surface area contributed by atoms with Crippen LogP contribution in [0.25, 0.3) is 21.3 Å². The summed E-state index contributed by atoms with van der Waals surface area (Å²) in [7, 11) is 0. The van der Waals surface area contributed by atoms with Crippen molar-refractivity contribution in [2.45, 2.75) is 19.3 Å². The van der Waals surface area contributed by atoms with Gasteiger partial charge in [-0.3, -0.25) is 19.1 Å². The van der Waals surface area contributed by atoms with E-state index in [9.17, 15) is 9.59 Å². The lowest BCUT2D eigenvalue weighted by atomic mass is 10.00. The number of nitrogens with zero attached hydrogens (tertiary/aromatic N) is 2. The van der Waals surface area contributed by atoms with Crippen LogP contribution < -0.4 is 0 Å². The van der Waals surface area contributed by atoms with Crippen molar-refractivity contribution < 1.29 is 14.3 Å². The highest BCUT2D eigenvalue weighted by atomic mass is 32.1. The molecule has 0 bridgehead atoms. The quantitative estimate of drug-likeness (QED) is 0.401. The number of aliphatic imine (C=N–C) groups is 1. The number of thiophene rings is 1. The SMILES string of the molecule is CCOC(=O)C1C=NCCc2c1n(C(=O)c1ccc(-c3ccccc3)s1)c1ccccc21. The zero-order chi connectivity index (χ0) is 22.1. The molecule has 5 rings (SSSR count). The molecule has 0 radical (unpaired) electrons. The third-order valence-electron chi connectivity index (χ3n) is 5.68. The summed E-state index contributed by atoms with van der Waals surface area (Å²) >= 11 is 1.46. The zero-order valence-corrected chi connectivity index (χ0v) is 18.5. The molecule has 2 aromatic heterocycles. The number of fused-ring (bicyclic) bond motifs is 3. The van der Waals surface area contributed by atoms with Gasteiger partial charge in [0.15, 0.2) is 0 Å². The molecule has 5 nitrogen and oxygen atoms in total. The van der Waals surface area contributed by atoms with E-state index in [4.69, 9.17) is 4.74 Å². The van der Waals surface area contributed by atoms with Gasteiger partial charge < -0.3 is 4.74 Å². The fourth-order valence-electron chi connectivity index (χ4n) is 4.29. The summed E-state index contributed by atoms with van der Waals surface area (Å²) in [5.74, 6) is -1.23. The molecular formula is C26H22N2O3S. The normalized spacial score (nSPS) is 15.3. The summed E-state index contributed by atoms with van der Waals surface area (Å²) in [5, 5.41) is 0.982. The molecular weight excluding hydrogens is 420 g/mol. The molecule has 1 atom stereocenters. The minimum absolute atomic E-state index is 0.140. The number of esters is 1. The Morgan fingerprint density at radius 2 is 1.84 bits per heavy atom. The molecule has 1 aliphatic heterocycles. The highest BCUT2D eigenvalue weighted by molar-refractivity contribution is 7.17. The zero-order valence-electron chi connectivity index (χ0n) is 17.7. The van der Waals surface area contributed by atoms with Gasteiger partial charge in [-0.1, -0.05) is 48.5 Å². The minimum atomic E-state index is -0.711. The first-order valence-electron chi connectivity index (χ1n) is 10.7. The third-order valence-corrected chi connectivity index (χ3v) is 6.80. The number of hydrogen-bond acceptors (Lipinski definition) is 5. The van der Waals surface area contributed by atoms with Crippen LogP contribution in [0.1, 0.15) is 33.8 Å². The number of rotatable bonds is 4. The summed E-state index contributed by atoms with van der Waals surface area (Å²) in [6.07, 6.45) is 2.30. The summed E-state index contributed by atoms with van der Waals surface area (Å²) in [6, 6.07) is 21.7. The largest absolute Gasteiger partial charge is 0.465 e. The van der Waals surface area contributed by atoms with E-state index in [0.29, 0.717) is 23.5 Å². The highest BCUT2D eigenvalue weighted by Crippen LogP contribution is 2.36. The highest BCUT2D eigenvalue weighted by Gasteiger charge is 2.33. The molecule has 32 heavy (non-hydrogen) atoms. The molecule has 0 saturated heterocycles. The van der Waals surface area contributed by atoms with E-state index in [1.807, 2.05) is 66.7 Å². The maximum atomic E-state index is 13.9. The first-order valence-corrected chi connectivity index (χ1v) is 11.5. The minimum Gasteiger partial charge on any atom is -0.465 e. The van der Waals surface area contributed by atoms with E-state index < -0.39 is 5.92 Å². The van der Waals surface area contributed by atoms with Gasteiger partial charge in [-0.05, 0) is 42.7 Å². The van der Waals surface area contributed by atoms with Crippen molar-refractivity contribution in [1.82, 2.24) is 4.57 Å². The van der Waals surface area contributed by atoms with Gasteiger partial charge >= 0.3 is 5.97 Å². The summed E-state index contributed by atoms with van der Waals surface area (Å²) in [5.41, 5.74) is 3.54. The number of hydrogen-bond donors (Lipinski definition) is 0. The Kier molecular flexibility index (Phi) is 5.45. The van der Waals surface area contributed by atoms with Crippen molar-refractivity contribution in [3.63, 3.8) is 0 Å². The number of benzene rings is 2. The average molecular weight is 443 g/mol. The van der Waals surface area contributed by atoms with Crippen LogP contribution in [0, 0.1) is 0 Å². The van der Waals surface area contributed by atoms with Crippen molar-refractivity contribution in [2.75, 3.05) is 13.2 Å². The second kappa shape index (κ2) is 8.55. The van der Waals surface area contributed by atoms with E-state index in [-0.39, 0.29) is 18.5 Å². The predicted molar refractivity (Wildman–Crippen MR) is 128 cm³/mol. The fourth-order valence-corrected chi connectivity index (χ4v) is 5.23. The molecule has 0 aliphatic carbocycles. The van der Waals surface area contributed by atoms with E-state index in [2.05, 4.69) is 4.99 Å². The number of carbonyl (C=O) groups excluding carboxylic acids is 2. The number of para-hydroxylation sites is 1. The number of aromatic nitrogens is 1. The van der Waals surface area contributed by atoms with Gasteiger partial charge in [-0.2, -0.15) is 0 Å². The van der Waals surface area contributed by atoms with Gasteiger partial charge in [0.2, 0.25) is 0 Å². The van der Waals surface area contributed by atoms with Crippen molar-refractivity contribution in [2.24, 2.45) is 4.99 Å². The van der Waals surface area contributed by atoms with Crippen LogP contribution in [0.15, 0.2) is 71.7 Å². The van der Waals surface area contributed by atoms with Gasteiger partial charge in [0.05, 0.1) is 17.0 Å². The summed E-state index contributed by atoms with van der Waals surface area (Å²) < 4.78 is 7.04. The second-order valence-electron chi connectivity index (χ2n) is 7.59. The Morgan fingerprint density at radius 1 is 1.06 bits per heavy atom. The maximum Gasteiger partial charge on any atom is 0.320 e. The van der Waals surface area contributed by atoms with Crippen LogP contribution in [-0.4, -0.2) is 35.8 Å². The molecule has 0 fully saturated rings. The monoisotopic (exact) mass is 442 g/mol. The van der Waals surface area contributed by atoms with E-state index >= 15 is 0 Å². The van der Waals surface area contributed by atoms with E-state index in [1.54, 1.807) is 17.7 Å². The van der Waals surface area contributed by atoms with Crippen molar-refractivity contribution in [1.29, 1.82) is 0 Å². The Morgan fingerprint density at radius 3 is 2.66 bits per heavy atom. The molecule has 4 aromatic rings. The standard InChI is InChI=1S/C26H22N2O3S/c1-2-31-26(30)20-16-27-15-14-19-18-10-6-7-11-21(18)28(24(19)20)25(29)23-13-12-22(32-23)17-8-4-3-5-9-17/h3-13,16,20H,2,14-15H2,1H3. The Hall–Kier alpha value is -3.51. The summed E-state index contributed by atoms with van der Waals surface area (Å²) in [4.78, 5) is 32.8. The molecule has 3 heterocycles. The third kappa shape index (κ3) is 3.46. The molecule has 1 unspecified atom stereocenters. The fraction of sp³-hybridized carbons (Fsp3) is 0.192. The van der Waals surface area contributed by atoms with Crippen molar-refractivity contribution in [3.8, 4) is 10.4 Å². The average Bonchev–Trinajstić information content (AvgIpc) is 3.37. The van der Waals surface area contributed by atoms with E-state index in [1.165, 1.54) is 11.3 Å². The lowest BCUT2D eigenvalue weighted by Gasteiger charge is -2.15. The first-order chi connectivity index (χ1) is 15.7. The Balaban J connectivity index is 1.67. The summed E-state index contributed by atoms with van der Waals surface area (Å²) in [6.45, 7) is 2.63. The molecule has 1 aliphatic rings. The van der Waals surface area contributed by atoms with Gasteiger partial charge in [0, 0.05) is 28.7 Å². The molecule has 0 spiro atoms. The van der Waals surface area contributed by atoms with Crippen LogP contribution in [0.2, 0.25) is 0 Å². The molecule has 0 amide bonds. The van der Waals surface area contributed by atoms with Crippen molar-refractivity contribution in [3.05, 3.63) is 82.9 Å². The van der Waals surface area contributed by atoms with Gasteiger partial charge in [-0.25, -0.2) is 0 Å². The lowest BCUT2D eigenvalue weighted by Crippen LogP contribution is -2.24. The van der Waals surface area contributed by atoms with E-state index in [0.717, 1.165) is 26.9 Å². The van der Waals surface area contributed by atoms with Gasteiger partial charge in [-0.15, -0.1) is 11.3 Å². The molecule has 0 N–H and O–H groups in total. The molecule has 160 valence electrons. The predicted octanol–water partition coefficient (Wildman–Crippen LogP) is 5.33. The topological polar surface area (TPSA) is 60.7 Å². The van der Waals surface area contributed by atoms with Crippen LogP contribution in [-0.2, 0) is 16.0 Å². The molecule has 0 saturated carbocycles. The molecule has 2 aromatic carbocycles. The van der Waals surface area contributed by atoms with Crippen LogP contribution in [0.3, 0.4) is 0 Å². The lowest BCUT2D eigenvalue weighted by molar-refractivity contribution is -0.143. The second-order valence-corrected chi connectivity index (χ2v) is 8.67. The van der Waals surface area contributed by atoms with Gasteiger partial charge in [0.25, 0.3) is 5.91 Å². The van der Waals surface area contributed by atoms with Crippen molar-refractivity contribution >= 4 is 40.3 Å². The molecule has 6 heteroatoms. The Labute approximate surface area is 190 Å².